The van der Waals surface area contributed by atoms with Gasteiger partial charge in [0.25, 0.3) is 5.91 Å². The number of pyridine rings is 1. The van der Waals surface area contributed by atoms with Crippen LogP contribution in [0.4, 0.5) is 13.2 Å². The summed E-state index contributed by atoms with van der Waals surface area (Å²) in [7, 11) is 6.08. The molecule has 1 N–H and O–H groups in total. The molecule has 1 fully saturated rings. The molecular weight excluding hydrogens is 415 g/mol. The molecule has 1 aliphatic rings. The van der Waals surface area contributed by atoms with E-state index in [1.165, 1.54) is 0 Å². The fraction of sp³-hybridized carbons (Fsp3) is 0.500. The highest BCUT2D eigenvalue weighted by molar-refractivity contribution is 5.92. The Bertz CT molecular complexity index is 913. The van der Waals surface area contributed by atoms with Gasteiger partial charge in [0.2, 0.25) is 0 Å². The standard InChI is InChI=1S/C18H25N5O.C2HF3O2/c1-13-6-5-7-15(20-13)18(24)23-9-8-16(21(2)3)17(23)10-14-11-19-22(4)12-14;3-2(4,5)1(6)7/h5-7,11-12,16-17H,8-10H2,1-4H3;(H,6,7)/t16-,17+;/m1./s1. The van der Waals surface area contributed by atoms with Crippen LogP contribution in [0.3, 0.4) is 0 Å². The molecule has 11 heteroatoms. The van der Waals surface area contributed by atoms with Crippen LogP contribution >= 0.6 is 0 Å². The first kappa shape index (κ1) is 24.3. The van der Waals surface area contributed by atoms with Gasteiger partial charge in [0.15, 0.2) is 0 Å². The molecule has 8 nitrogen and oxygen atoms in total. The van der Waals surface area contributed by atoms with E-state index >= 15 is 0 Å². The van der Waals surface area contributed by atoms with Crippen molar-refractivity contribution in [2.75, 3.05) is 20.6 Å². The number of carboxylic acid groups (broad SMARTS) is 1. The lowest BCUT2D eigenvalue weighted by atomic mass is 10.0. The van der Waals surface area contributed by atoms with Gasteiger partial charge < -0.3 is 14.9 Å². The number of rotatable bonds is 4. The third-order valence-corrected chi connectivity index (χ3v) is 4.99. The molecule has 0 aliphatic carbocycles. The van der Waals surface area contributed by atoms with Gasteiger partial charge in [-0.3, -0.25) is 9.48 Å². The van der Waals surface area contributed by atoms with Crippen LogP contribution in [-0.4, -0.2) is 80.4 Å². The zero-order valence-electron chi connectivity index (χ0n) is 17.8. The molecule has 31 heavy (non-hydrogen) atoms. The number of likely N-dealkylation sites (tertiary alicyclic amines) is 1. The van der Waals surface area contributed by atoms with Crippen LogP contribution in [0, 0.1) is 6.92 Å². The summed E-state index contributed by atoms with van der Waals surface area (Å²) in [6, 6.07) is 6.10. The lowest BCUT2D eigenvalue weighted by molar-refractivity contribution is -0.192. The number of likely N-dealkylation sites (N-methyl/N-ethyl adjacent to an activating group) is 1. The largest absolute Gasteiger partial charge is 0.490 e. The fourth-order valence-electron chi connectivity index (χ4n) is 3.57. The zero-order chi connectivity index (χ0) is 23.3. The molecule has 0 unspecified atom stereocenters. The van der Waals surface area contributed by atoms with E-state index in [0.717, 1.165) is 30.6 Å². The van der Waals surface area contributed by atoms with Crippen LogP contribution in [0.15, 0.2) is 30.6 Å². The predicted octanol–water partition coefficient (Wildman–Crippen LogP) is 2.14. The van der Waals surface area contributed by atoms with Crippen LogP contribution in [0.1, 0.15) is 28.2 Å². The van der Waals surface area contributed by atoms with Gasteiger partial charge in [-0.25, -0.2) is 9.78 Å². The molecule has 170 valence electrons. The first-order chi connectivity index (χ1) is 14.4. The van der Waals surface area contributed by atoms with Gasteiger partial charge in [-0.1, -0.05) is 6.07 Å². The number of hydrogen-bond donors (Lipinski definition) is 1. The molecule has 3 rings (SSSR count). The molecule has 1 amide bonds. The zero-order valence-corrected chi connectivity index (χ0v) is 17.8. The Hall–Kier alpha value is -2.95. The van der Waals surface area contributed by atoms with E-state index in [1.807, 2.05) is 48.1 Å². The summed E-state index contributed by atoms with van der Waals surface area (Å²) in [5, 5.41) is 11.4. The van der Waals surface area contributed by atoms with Crippen molar-refractivity contribution in [1.29, 1.82) is 0 Å². The summed E-state index contributed by atoms with van der Waals surface area (Å²) in [5.41, 5.74) is 2.56. The van der Waals surface area contributed by atoms with E-state index in [4.69, 9.17) is 9.90 Å². The van der Waals surface area contributed by atoms with Crippen molar-refractivity contribution >= 4 is 11.9 Å². The number of halogens is 3. The third-order valence-electron chi connectivity index (χ3n) is 4.99. The van der Waals surface area contributed by atoms with E-state index in [2.05, 4.69) is 29.1 Å². The summed E-state index contributed by atoms with van der Waals surface area (Å²) in [4.78, 5) is 30.5. The monoisotopic (exact) mass is 441 g/mol. The minimum absolute atomic E-state index is 0.0249. The van der Waals surface area contributed by atoms with E-state index < -0.39 is 12.1 Å². The number of aliphatic carboxylic acids is 1. The Labute approximate surface area is 178 Å². The van der Waals surface area contributed by atoms with Crippen molar-refractivity contribution < 1.29 is 27.9 Å². The van der Waals surface area contributed by atoms with Crippen molar-refractivity contribution in [3.8, 4) is 0 Å². The molecule has 0 radical (unpaired) electrons. The average Bonchev–Trinajstić information content (AvgIpc) is 3.27. The fourth-order valence-corrected chi connectivity index (χ4v) is 3.57. The lowest BCUT2D eigenvalue weighted by Gasteiger charge is -2.31. The SMILES string of the molecule is Cc1cccc(C(=O)N2CC[C@@H](N(C)C)[C@@H]2Cc2cnn(C)c2)n1.O=C(O)C(F)(F)F. The number of nitrogens with zero attached hydrogens (tertiary/aromatic N) is 5. The minimum atomic E-state index is -5.08. The van der Waals surface area contributed by atoms with Gasteiger partial charge in [0.1, 0.15) is 5.69 Å². The highest BCUT2D eigenvalue weighted by Gasteiger charge is 2.39. The maximum Gasteiger partial charge on any atom is 0.490 e. The Kier molecular flexibility index (Phi) is 7.77. The number of carbonyl (C=O) groups is 2. The number of hydrogen-bond acceptors (Lipinski definition) is 5. The summed E-state index contributed by atoms with van der Waals surface area (Å²) in [6.07, 6.45) is 0.626. The number of amides is 1. The number of alkyl halides is 3. The van der Waals surface area contributed by atoms with E-state index in [-0.39, 0.29) is 11.9 Å². The first-order valence-corrected chi connectivity index (χ1v) is 9.59. The summed E-state index contributed by atoms with van der Waals surface area (Å²) in [6.45, 7) is 2.68. The molecule has 2 aromatic heterocycles. The topological polar surface area (TPSA) is 91.6 Å². The second-order valence-electron chi connectivity index (χ2n) is 7.58. The van der Waals surface area contributed by atoms with Crippen LogP contribution in [-0.2, 0) is 18.3 Å². The van der Waals surface area contributed by atoms with Crippen molar-refractivity contribution in [3.63, 3.8) is 0 Å². The minimum Gasteiger partial charge on any atom is -0.475 e. The van der Waals surface area contributed by atoms with Crippen LogP contribution < -0.4 is 0 Å². The average molecular weight is 441 g/mol. The summed E-state index contributed by atoms with van der Waals surface area (Å²) in [5.74, 6) is -2.73. The van der Waals surface area contributed by atoms with Crippen molar-refractivity contribution in [3.05, 3.63) is 47.5 Å². The molecule has 1 aliphatic heterocycles. The Morgan fingerprint density at radius 2 is 1.94 bits per heavy atom. The van der Waals surface area contributed by atoms with E-state index in [1.54, 1.807) is 6.07 Å². The molecular formula is C20H26F3N5O3. The molecule has 1 saturated heterocycles. The van der Waals surface area contributed by atoms with Gasteiger partial charge in [-0.05, 0) is 51.6 Å². The smallest absolute Gasteiger partial charge is 0.475 e. The summed E-state index contributed by atoms with van der Waals surface area (Å²) >= 11 is 0. The molecule has 2 aromatic rings. The van der Waals surface area contributed by atoms with Gasteiger partial charge in [-0.15, -0.1) is 0 Å². The molecule has 2 atom stereocenters. The Morgan fingerprint density at radius 3 is 2.42 bits per heavy atom. The second kappa shape index (κ2) is 9.90. The van der Waals surface area contributed by atoms with Crippen molar-refractivity contribution in [1.82, 2.24) is 24.6 Å². The second-order valence-corrected chi connectivity index (χ2v) is 7.58. The molecule has 3 heterocycles. The molecule has 0 bridgehead atoms. The number of carboxylic acids is 1. The predicted molar refractivity (Wildman–Crippen MR) is 106 cm³/mol. The Balaban J connectivity index is 0.000000423. The van der Waals surface area contributed by atoms with Crippen LogP contribution in [0.25, 0.3) is 0 Å². The van der Waals surface area contributed by atoms with Gasteiger partial charge >= 0.3 is 12.1 Å². The van der Waals surface area contributed by atoms with Crippen molar-refractivity contribution in [2.24, 2.45) is 7.05 Å². The quantitative estimate of drug-likeness (QED) is 0.782. The first-order valence-electron chi connectivity index (χ1n) is 9.59. The third kappa shape index (κ3) is 6.51. The van der Waals surface area contributed by atoms with Crippen LogP contribution in [0.5, 0.6) is 0 Å². The number of aromatic nitrogens is 3. The maximum absolute atomic E-state index is 13.0. The number of carbonyl (C=O) groups excluding carboxylic acids is 1. The van der Waals surface area contributed by atoms with Gasteiger partial charge in [-0.2, -0.15) is 18.3 Å². The molecule has 0 aromatic carbocycles. The highest BCUT2D eigenvalue weighted by atomic mass is 19.4. The maximum atomic E-state index is 13.0. The lowest BCUT2D eigenvalue weighted by Crippen LogP contribution is -2.46. The van der Waals surface area contributed by atoms with E-state index in [9.17, 15) is 18.0 Å². The summed E-state index contributed by atoms with van der Waals surface area (Å²) < 4.78 is 33.5. The van der Waals surface area contributed by atoms with Crippen LogP contribution in [0.2, 0.25) is 0 Å². The van der Waals surface area contributed by atoms with E-state index in [0.29, 0.717) is 11.7 Å². The van der Waals surface area contributed by atoms with Gasteiger partial charge in [0.05, 0.1) is 12.2 Å². The highest BCUT2D eigenvalue weighted by Crippen LogP contribution is 2.26. The number of aryl methyl sites for hydroxylation is 2. The normalized spacial score (nSPS) is 18.6. The van der Waals surface area contributed by atoms with Crippen molar-refractivity contribution in [2.45, 2.75) is 38.0 Å². The van der Waals surface area contributed by atoms with Gasteiger partial charge in [0, 0.05) is 31.5 Å². The Morgan fingerprint density at radius 1 is 1.29 bits per heavy atom. The molecule has 0 saturated carbocycles. The molecule has 0 spiro atoms.